The van der Waals surface area contributed by atoms with Gasteiger partial charge in [-0.1, -0.05) is 49.6 Å². The van der Waals surface area contributed by atoms with Crippen LogP contribution in [0.2, 0.25) is 0 Å². The average Bonchev–Trinajstić information content (AvgIpc) is 3.11. The van der Waals surface area contributed by atoms with Crippen LogP contribution in [0.15, 0.2) is 30.3 Å². The Hall–Kier alpha value is -1.43. The van der Waals surface area contributed by atoms with Crippen LogP contribution >= 0.6 is 0 Å². The second-order valence-corrected chi connectivity index (χ2v) is 8.30. The van der Waals surface area contributed by atoms with Crippen LogP contribution in [0.25, 0.3) is 0 Å². The van der Waals surface area contributed by atoms with E-state index in [2.05, 4.69) is 45.4 Å². The molecule has 3 aliphatic rings. The fraction of sp³-hybridized carbons (Fsp3) is 0.667. The predicted molar refractivity (Wildman–Crippen MR) is 102 cm³/mol. The molecule has 1 amide bonds. The molecule has 26 heavy (non-hydrogen) atoms. The summed E-state index contributed by atoms with van der Waals surface area (Å²) in [5.41, 5.74) is 1.48. The van der Waals surface area contributed by atoms with Crippen molar-refractivity contribution in [3.05, 3.63) is 35.9 Å². The minimum atomic E-state index is -0.382. The van der Waals surface area contributed by atoms with Gasteiger partial charge >= 0.3 is 0 Å². The lowest BCUT2D eigenvalue weighted by Crippen LogP contribution is -2.64. The van der Waals surface area contributed by atoms with Gasteiger partial charge in [0.25, 0.3) is 0 Å². The first-order chi connectivity index (χ1) is 12.7. The van der Waals surface area contributed by atoms with Gasteiger partial charge < -0.3 is 15.3 Å². The summed E-state index contributed by atoms with van der Waals surface area (Å²) in [6.07, 6.45) is 6.36. The quantitative estimate of drug-likeness (QED) is 0.866. The third kappa shape index (κ3) is 3.66. The molecule has 1 spiro atoms. The Morgan fingerprint density at radius 3 is 2.62 bits per heavy atom. The lowest BCUT2D eigenvalue weighted by atomic mass is 9.78. The molecule has 1 aliphatic carbocycles. The van der Waals surface area contributed by atoms with Crippen molar-refractivity contribution in [3.8, 4) is 0 Å². The molecule has 2 heterocycles. The number of piperazine rings is 1. The van der Waals surface area contributed by atoms with Gasteiger partial charge in [-0.2, -0.15) is 0 Å². The van der Waals surface area contributed by atoms with Gasteiger partial charge in [0, 0.05) is 38.3 Å². The van der Waals surface area contributed by atoms with Crippen molar-refractivity contribution in [1.29, 1.82) is 0 Å². The van der Waals surface area contributed by atoms with E-state index in [9.17, 15) is 9.90 Å². The molecule has 0 aromatic heterocycles. The number of nitrogens with one attached hydrogen (secondary N) is 1. The monoisotopic (exact) mass is 357 g/mol. The standard InChI is InChI=1S/C21H31N3O2/c25-18-13-19(22-14-18)20(26)23-11-12-24(15-17-7-3-1-4-8-17)21(16-23)9-5-2-6-10-21/h1,3-4,7-8,18-19,22,25H,2,5-6,9-16H2. The molecule has 1 saturated carbocycles. The van der Waals surface area contributed by atoms with E-state index in [1.54, 1.807) is 0 Å². The number of carbonyl (C=O) groups excluding carboxylic acids is 1. The third-order valence-corrected chi connectivity index (χ3v) is 6.51. The molecule has 0 bridgehead atoms. The first-order valence-electron chi connectivity index (χ1n) is 10.2. The molecule has 4 rings (SSSR count). The predicted octanol–water partition coefficient (Wildman–Crippen LogP) is 1.76. The van der Waals surface area contributed by atoms with E-state index in [1.807, 2.05) is 0 Å². The zero-order chi connectivity index (χ0) is 18.0. The van der Waals surface area contributed by atoms with Gasteiger partial charge in [-0.25, -0.2) is 0 Å². The largest absolute Gasteiger partial charge is 0.392 e. The Kier molecular flexibility index (Phi) is 5.30. The van der Waals surface area contributed by atoms with Crippen molar-refractivity contribution in [1.82, 2.24) is 15.1 Å². The fourth-order valence-corrected chi connectivity index (χ4v) is 5.06. The molecule has 2 N–H and O–H groups in total. The molecule has 3 fully saturated rings. The normalized spacial score (nSPS) is 29.2. The van der Waals surface area contributed by atoms with Crippen molar-refractivity contribution >= 4 is 5.91 Å². The summed E-state index contributed by atoms with van der Waals surface area (Å²) in [5.74, 6) is 0.186. The summed E-state index contributed by atoms with van der Waals surface area (Å²) in [5, 5.41) is 12.9. The zero-order valence-electron chi connectivity index (χ0n) is 15.6. The van der Waals surface area contributed by atoms with Gasteiger partial charge in [-0.3, -0.25) is 9.69 Å². The SMILES string of the molecule is O=C(C1CC(O)CN1)N1CCN(Cc2ccccc2)C2(CCCCC2)C1. The van der Waals surface area contributed by atoms with Crippen LogP contribution in [0, 0.1) is 0 Å². The van der Waals surface area contributed by atoms with Crippen molar-refractivity contribution in [2.75, 3.05) is 26.2 Å². The number of nitrogens with zero attached hydrogens (tertiary/aromatic N) is 2. The summed E-state index contributed by atoms with van der Waals surface area (Å²) in [6.45, 7) is 4.09. The van der Waals surface area contributed by atoms with Crippen LogP contribution in [0.1, 0.15) is 44.1 Å². The van der Waals surface area contributed by atoms with Gasteiger partial charge in [0.05, 0.1) is 12.1 Å². The van der Waals surface area contributed by atoms with Crippen molar-refractivity contribution in [2.45, 2.75) is 62.8 Å². The molecule has 1 aromatic carbocycles. The number of β-amino-alcohol motifs (C(OH)–C–C–N with tert-alkyl or cyclic N) is 1. The number of carbonyl (C=O) groups is 1. The molecular formula is C21H31N3O2. The highest BCUT2D eigenvalue weighted by Crippen LogP contribution is 2.37. The minimum Gasteiger partial charge on any atom is -0.392 e. The average molecular weight is 357 g/mol. The van der Waals surface area contributed by atoms with Gasteiger partial charge in [0.2, 0.25) is 5.91 Å². The number of hydrogen-bond donors (Lipinski definition) is 2. The Morgan fingerprint density at radius 1 is 1.15 bits per heavy atom. The maximum atomic E-state index is 13.0. The number of rotatable bonds is 3. The molecule has 0 radical (unpaired) electrons. The molecule has 5 heteroatoms. The number of aliphatic hydroxyl groups excluding tert-OH is 1. The maximum absolute atomic E-state index is 13.0. The fourth-order valence-electron chi connectivity index (χ4n) is 5.06. The second-order valence-electron chi connectivity index (χ2n) is 8.30. The van der Waals surface area contributed by atoms with Gasteiger partial charge in [-0.05, 0) is 24.8 Å². The Labute approximate surface area is 156 Å². The Bertz CT molecular complexity index is 615. The Balaban J connectivity index is 1.49. The van der Waals surface area contributed by atoms with Crippen LogP contribution in [-0.4, -0.2) is 64.7 Å². The first kappa shape index (κ1) is 18.0. The molecule has 5 nitrogen and oxygen atoms in total. The first-order valence-corrected chi connectivity index (χ1v) is 10.2. The molecular weight excluding hydrogens is 326 g/mol. The maximum Gasteiger partial charge on any atom is 0.239 e. The van der Waals surface area contributed by atoms with Crippen molar-refractivity contribution in [3.63, 3.8) is 0 Å². The molecule has 2 saturated heterocycles. The van der Waals surface area contributed by atoms with Crippen LogP contribution < -0.4 is 5.32 Å². The van der Waals surface area contributed by atoms with Crippen LogP contribution in [-0.2, 0) is 11.3 Å². The van der Waals surface area contributed by atoms with E-state index in [0.717, 1.165) is 26.2 Å². The van der Waals surface area contributed by atoms with Crippen molar-refractivity contribution in [2.24, 2.45) is 0 Å². The van der Waals surface area contributed by atoms with Crippen LogP contribution in [0.3, 0.4) is 0 Å². The zero-order valence-corrected chi connectivity index (χ0v) is 15.6. The Morgan fingerprint density at radius 2 is 1.92 bits per heavy atom. The van der Waals surface area contributed by atoms with E-state index in [0.29, 0.717) is 13.0 Å². The summed E-state index contributed by atoms with van der Waals surface area (Å²) >= 11 is 0. The highest BCUT2D eigenvalue weighted by atomic mass is 16.3. The summed E-state index contributed by atoms with van der Waals surface area (Å²) in [6, 6.07) is 10.5. The smallest absolute Gasteiger partial charge is 0.239 e. The van der Waals surface area contributed by atoms with Crippen molar-refractivity contribution < 1.29 is 9.90 Å². The van der Waals surface area contributed by atoms with Gasteiger partial charge in [0.15, 0.2) is 0 Å². The number of amides is 1. The number of hydrogen-bond acceptors (Lipinski definition) is 4. The van der Waals surface area contributed by atoms with E-state index in [1.165, 1.54) is 37.7 Å². The topological polar surface area (TPSA) is 55.8 Å². The lowest BCUT2D eigenvalue weighted by Gasteiger charge is -2.53. The van der Waals surface area contributed by atoms with E-state index in [-0.39, 0.29) is 23.6 Å². The highest BCUT2D eigenvalue weighted by molar-refractivity contribution is 5.82. The molecule has 1 aromatic rings. The second kappa shape index (κ2) is 7.67. The minimum absolute atomic E-state index is 0.124. The molecule has 2 aliphatic heterocycles. The number of aliphatic hydroxyl groups is 1. The highest BCUT2D eigenvalue weighted by Gasteiger charge is 2.44. The van der Waals surface area contributed by atoms with E-state index in [4.69, 9.17) is 0 Å². The van der Waals surface area contributed by atoms with Gasteiger partial charge in [-0.15, -0.1) is 0 Å². The molecule has 2 unspecified atom stereocenters. The molecule has 142 valence electrons. The van der Waals surface area contributed by atoms with E-state index >= 15 is 0 Å². The summed E-state index contributed by atoms with van der Waals surface area (Å²) in [7, 11) is 0. The van der Waals surface area contributed by atoms with Gasteiger partial charge in [0.1, 0.15) is 0 Å². The van der Waals surface area contributed by atoms with E-state index < -0.39 is 0 Å². The summed E-state index contributed by atoms with van der Waals surface area (Å²) in [4.78, 5) is 17.7. The number of benzene rings is 1. The van der Waals surface area contributed by atoms with Crippen LogP contribution in [0.5, 0.6) is 0 Å². The van der Waals surface area contributed by atoms with Crippen LogP contribution in [0.4, 0.5) is 0 Å². The lowest BCUT2D eigenvalue weighted by molar-refractivity contribution is -0.140. The summed E-state index contributed by atoms with van der Waals surface area (Å²) < 4.78 is 0. The molecule has 2 atom stereocenters. The third-order valence-electron chi connectivity index (χ3n) is 6.51.